The number of amides is 2. The number of ether oxygens (including phenoxy) is 2. The third-order valence-corrected chi connectivity index (χ3v) is 5.86. The molecule has 5 unspecified atom stereocenters. The number of esters is 1. The summed E-state index contributed by atoms with van der Waals surface area (Å²) in [6, 6.07) is 0.0505. The van der Waals surface area contributed by atoms with Crippen molar-refractivity contribution >= 4 is 17.8 Å². The monoisotopic (exact) mass is 352 g/mol. The predicted octanol–water partition coefficient (Wildman–Crippen LogP) is 0.955. The van der Waals surface area contributed by atoms with Crippen LogP contribution < -0.4 is 0 Å². The number of methoxy groups -OCH3 is 1. The standard InChI is InChI=1S/C18H28N2O5/c1-11-6-7-15-14(9-16(25-15)18(23)24-3)20(11)17(22)13-5-4-8-19(10-13)12(2)21/h11,13-16H,4-10H2,1-3H3. The van der Waals surface area contributed by atoms with Crippen LogP contribution in [0, 0.1) is 5.92 Å². The van der Waals surface area contributed by atoms with E-state index in [0.29, 0.717) is 13.0 Å². The molecule has 0 aromatic carbocycles. The molecule has 3 aliphatic heterocycles. The van der Waals surface area contributed by atoms with Gasteiger partial charge in [-0.25, -0.2) is 4.79 Å². The molecule has 0 saturated carbocycles. The predicted molar refractivity (Wildman–Crippen MR) is 89.6 cm³/mol. The minimum atomic E-state index is -0.583. The second-order valence-corrected chi connectivity index (χ2v) is 7.47. The molecule has 3 aliphatic rings. The summed E-state index contributed by atoms with van der Waals surface area (Å²) in [6.45, 7) is 4.84. The maximum absolute atomic E-state index is 13.2. The Morgan fingerprint density at radius 2 is 1.92 bits per heavy atom. The number of hydrogen-bond donors (Lipinski definition) is 0. The summed E-state index contributed by atoms with van der Waals surface area (Å²) in [5, 5.41) is 0. The second kappa shape index (κ2) is 7.32. The molecule has 0 N–H and O–H groups in total. The van der Waals surface area contributed by atoms with E-state index in [1.54, 1.807) is 11.8 Å². The van der Waals surface area contributed by atoms with Crippen LogP contribution >= 0.6 is 0 Å². The van der Waals surface area contributed by atoms with Gasteiger partial charge in [0, 0.05) is 32.5 Å². The van der Waals surface area contributed by atoms with Crippen molar-refractivity contribution in [1.82, 2.24) is 9.80 Å². The minimum absolute atomic E-state index is 0.0250. The van der Waals surface area contributed by atoms with Gasteiger partial charge in [-0.1, -0.05) is 0 Å². The van der Waals surface area contributed by atoms with Crippen LogP contribution in [0.15, 0.2) is 0 Å². The van der Waals surface area contributed by atoms with Crippen molar-refractivity contribution in [3.8, 4) is 0 Å². The Balaban J connectivity index is 1.73. The van der Waals surface area contributed by atoms with E-state index in [-0.39, 0.29) is 41.9 Å². The topological polar surface area (TPSA) is 76.2 Å². The fourth-order valence-electron chi connectivity index (χ4n) is 4.49. The number of rotatable bonds is 2. The van der Waals surface area contributed by atoms with Crippen molar-refractivity contribution in [1.29, 1.82) is 0 Å². The summed E-state index contributed by atoms with van der Waals surface area (Å²) in [7, 11) is 1.36. The van der Waals surface area contributed by atoms with Crippen LogP contribution in [0.1, 0.15) is 46.0 Å². The number of piperidine rings is 2. The molecule has 0 radical (unpaired) electrons. The Bertz CT molecular complexity index is 552. The molecule has 0 bridgehead atoms. The first-order valence-corrected chi connectivity index (χ1v) is 9.23. The van der Waals surface area contributed by atoms with E-state index >= 15 is 0 Å². The molecule has 5 atom stereocenters. The fraction of sp³-hybridized carbons (Fsp3) is 0.833. The molecular weight excluding hydrogens is 324 g/mol. The third kappa shape index (κ3) is 3.52. The molecule has 7 nitrogen and oxygen atoms in total. The first-order valence-electron chi connectivity index (χ1n) is 9.23. The number of fused-ring (bicyclic) bond motifs is 1. The van der Waals surface area contributed by atoms with E-state index in [9.17, 15) is 14.4 Å². The Labute approximate surface area is 148 Å². The van der Waals surface area contributed by atoms with Gasteiger partial charge in [0.25, 0.3) is 0 Å². The van der Waals surface area contributed by atoms with Crippen LogP contribution in [-0.2, 0) is 23.9 Å². The molecule has 0 spiro atoms. The minimum Gasteiger partial charge on any atom is -0.467 e. The highest BCUT2D eigenvalue weighted by atomic mass is 16.6. The largest absolute Gasteiger partial charge is 0.467 e. The lowest BCUT2D eigenvalue weighted by Gasteiger charge is -2.44. The zero-order valence-electron chi connectivity index (χ0n) is 15.3. The van der Waals surface area contributed by atoms with Crippen LogP contribution in [-0.4, -0.2) is 72.1 Å². The lowest BCUT2D eigenvalue weighted by Crippen LogP contribution is -2.56. The zero-order chi connectivity index (χ0) is 18.1. The summed E-state index contributed by atoms with van der Waals surface area (Å²) in [6.07, 6.45) is 3.20. The van der Waals surface area contributed by atoms with Gasteiger partial charge >= 0.3 is 5.97 Å². The molecule has 2 amide bonds. The molecule has 140 valence electrons. The van der Waals surface area contributed by atoms with E-state index in [1.165, 1.54) is 7.11 Å². The van der Waals surface area contributed by atoms with Gasteiger partial charge in [-0.15, -0.1) is 0 Å². The summed E-state index contributed by atoms with van der Waals surface area (Å²) in [4.78, 5) is 40.4. The first-order chi connectivity index (χ1) is 11.9. The lowest BCUT2D eigenvalue weighted by molar-refractivity contribution is -0.154. The Morgan fingerprint density at radius 3 is 2.60 bits per heavy atom. The first kappa shape index (κ1) is 18.2. The number of hydrogen-bond acceptors (Lipinski definition) is 5. The Morgan fingerprint density at radius 1 is 1.16 bits per heavy atom. The number of carbonyl (C=O) groups is 3. The lowest BCUT2D eigenvalue weighted by atomic mass is 9.89. The summed E-state index contributed by atoms with van der Waals surface area (Å²) >= 11 is 0. The molecule has 25 heavy (non-hydrogen) atoms. The molecule has 3 fully saturated rings. The average Bonchev–Trinajstić information content (AvgIpc) is 3.04. The SMILES string of the molecule is COC(=O)C1CC2C(CCC(C)N2C(=O)C2CCCN(C(C)=O)C2)O1. The normalized spacial score (nSPS) is 35.2. The summed E-state index contributed by atoms with van der Waals surface area (Å²) < 4.78 is 10.7. The number of carbonyl (C=O) groups excluding carboxylic acids is 3. The highest BCUT2D eigenvalue weighted by Gasteiger charge is 2.49. The van der Waals surface area contributed by atoms with Crippen molar-refractivity contribution in [2.24, 2.45) is 5.92 Å². The quantitative estimate of drug-likeness (QED) is 0.692. The fourth-order valence-corrected chi connectivity index (χ4v) is 4.49. The highest BCUT2D eigenvalue weighted by Crippen LogP contribution is 2.37. The molecule has 3 heterocycles. The van der Waals surface area contributed by atoms with Crippen molar-refractivity contribution < 1.29 is 23.9 Å². The molecule has 0 aromatic rings. The van der Waals surface area contributed by atoms with Gasteiger partial charge in [-0.2, -0.15) is 0 Å². The van der Waals surface area contributed by atoms with Crippen LogP contribution in [0.5, 0.6) is 0 Å². The van der Waals surface area contributed by atoms with Gasteiger partial charge in [-0.05, 0) is 32.6 Å². The maximum Gasteiger partial charge on any atom is 0.335 e. The van der Waals surface area contributed by atoms with Crippen molar-refractivity contribution in [3.05, 3.63) is 0 Å². The van der Waals surface area contributed by atoms with Crippen molar-refractivity contribution in [2.75, 3.05) is 20.2 Å². The van der Waals surface area contributed by atoms with Crippen molar-refractivity contribution in [3.63, 3.8) is 0 Å². The molecule has 0 aliphatic carbocycles. The van der Waals surface area contributed by atoms with Crippen LogP contribution in [0.25, 0.3) is 0 Å². The van der Waals surface area contributed by atoms with Gasteiger partial charge in [0.15, 0.2) is 6.10 Å². The zero-order valence-corrected chi connectivity index (χ0v) is 15.3. The van der Waals surface area contributed by atoms with Crippen LogP contribution in [0.4, 0.5) is 0 Å². The Kier molecular flexibility index (Phi) is 5.32. The van der Waals surface area contributed by atoms with Crippen LogP contribution in [0.3, 0.4) is 0 Å². The third-order valence-electron chi connectivity index (χ3n) is 5.86. The van der Waals surface area contributed by atoms with Gasteiger partial charge in [0.1, 0.15) is 0 Å². The second-order valence-electron chi connectivity index (χ2n) is 7.47. The molecule has 3 rings (SSSR count). The maximum atomic E-state index is 13.2. The van der Waals surface area contributed by atoms with Crippen LogP contribution in [0.2, 0.25) is 0 Å². The smallest absolute Gasteiger partial charge is 0.335 e. The molecular formula is C18H28N2O5. The van der Waals surface area contributed by atoms with Gasteiger partial charge in [-0.3, -0.25) is 9.59 Å². The van der Waals surface area contributed by atoms with Crippen molar-refractivity contribution in [2.45, 2.75) is 70.2 Å². The van der Waals surface area contributed by atoms with Gasteiger partial charge < -0.3 is 19.3 Å². The van der Waals surface area contributed by atoms with Gasteiger partial charge in [0.05, 0.1) is 25.2 Å². The summed E-state index contributed by atoms with van der Waals surface area (Å²) in [5.41, 5.74) is 0. The molecule has 3 saturated heterocycles. The van der Waals surface area contributed by atoms with E-state index in [2.05, 4.69) is 6.92 Å². The van der Waals surface area contributed by atoms with E-state index in [0.717, 1.165) is 32.2 Å². The average molecular weight is 352 g/mol. The highest BCUT2D eigenvalue weighted by molar-refractivity contribution is 5.82. The number of nitrogens with zero attached hydrogens (tertiary/aromatic N) is 2. The van der Waals surface area contributed by atoms with E-state index in [4.69, 9.17) is 9.47 Å². The molecule has 0 aromatic heterocycles. The molecule has 7 heteroatoms. The Hall–Kier alpha value is -1.63. The van der Waals surface area contributed by atoms with Gasteiger partial charge in [0.2, 0.25) is 11.8 Å². The van der Waals surface area contributed by atoms with E-state index in [1.807, 2.05) is 4.90 Å². The number of likely N-dealkylation sites (tertiary alicyclic amines) is 2. The van der Waals surface area contributed by atoms with E-state index < -0.39 is 6.10 Å². The summed E-state index contributed by atoms with van der Waals surface area (Å²) in [5.74, 6) is -0.398.